The van der Waals surface area contributed by atoms with Crippen molar-refractivity contribution >= 4 is 57.9 Å². The Hall–Kier alpha value is -5.04. The molecule has 40 heavy (non-hydrogen) atoms. The van der Waals surface area contributed by atoms with Crippen LogP contribution in [-0.2, 0) is 19.1 Å². The van der Waals surface area contributed by atoms with Gasteiger partial charge in [0.15, 0.2) is 10.6 Å². The van der Waals surface area contributed by atoms with Crippen LogP contribution in [0.3, 0.4) is 0 Å². The second-order valence-corrected chi connectivity index (χ2v) is 8.77. The molecule has 1 amide bonds. The van der Waals surface area contributed by atoms with Crippen molar-refractivity contribution in [3.05, 3.63) is 73.7 Å². The molecule has 0 unspecified atom stereocenters. The van der Waals surface area contributed by atoms with Crippen molar-refractivity contribution in [3.8, 4) is 0 Å². The Bertz CT molecular complexity index is 1370. The van der Waals surface area contributed by atoms with Crippen molar-refractivity contribution in [1.29, 1.82) is 0 Å². The first-order chi connectivity index (χ1) is 18.9. The van der Waals surface area contributed by atoms with E-state index in [1.807, 2.05) is 4.90 Å². The van der Waals surface area contributed by atoms with Crippen molar-refractivity contribution in [1.82, 2.24) is 0 Å². The van der Waals surface area contributed by atoms with Crippen molar-refractivity contribution in [2.75, 3.05) is 36.5 Å². The van der Waals surface area contributed by atoms with Crippen molar-refractivity contribution in [3.63, 3.8) is 0 Å². The van der Waals surface area contributed by atoms with Gasteiger partial charge in [-0.1, -0.05) is 6.58 Å². The SMILES string of the molecule is [C-]#[N+]Sc1cc(N=Nc2ccc(N(CCOC(=C)C)CCOC(C)=O)cc2NC(C)=O)c([N+](=O)[O-])cc1[N+](=O)[O-]. The fourth-order valence-electron chi connectivity index (χ4n) is 3.24. The lowest BCUT2D eigenvalue weighted by atomic mass is 10.2. The van der Waals surface area contributed by atoms with Crippen LogP contribution in [0, 0.1) is 26.8 Å². The zero-order valence-corrected chi connectivity index (χ0v) is 22.6. The standard InChI is InChI=1S/C24H25N7O8S/c1-15(2)38-10-8-29(9-11-39-17(4)33)18-6-7-19(20(12-18)26-16(3)32)27-28-21-13-24(40-25-5)23(31(36)37)14-22(21)30(34)35/h6-7,12-14H,1,8-11H2,2-4H3,(H,26,32). The number of azo groups is 1. The number of ether oxygens (including phenoxy) is 2. The number of anilines is 2. The quantitative estimate of drug-likeness (QED) is 0.0559. The first kappa shape index (κ1) is 31.2. The summed E-state index contributed by atoms with van der Waals surface area (Å²) in [4.78, 5) is 46.0. The topological polar surface area (TPSA) is 183 Å². The van der Waals surface area contributed by atoms with E-state index in [0.29, 0.717) is 42.6 Å². The van der Waals surface area contributed by atoms with Gasteiger partial charge in [0.2, 0.25) is 5.91 Å². The molecule has 2 aromatic carbocycles. The molecule has 0 aliphatic rings. The summed E-state index contributed by atoms with van der Waals surface area (Å²) in [6.45, 7) is 16.0. The smallest absolute Gasteiger partial charge is 0.303 e. The monoisotopic (exact) mass is 571 g/mol. The highest BCUT2D eigenvalue weighted by Gasteiger charge is 2.27. The lowest BCUT2D eigenvalue weighted by Crippen LogP contribution is -2.31. The van der Waals surface area contributed by atoms with Gasteiger partial charge >= 0.3 is 23.6 Å². The molecule has 2 rings (SSSR count). The normalized spacial score (nSPS) is 10.4. The molecule has 0 heterocycles. The molecule has 0 aliphatic carbocycles. The number of amides is 1. The Morgan fingerprint density at radius 1 is 1.02 bits per heavy atom. The first-order valence-electron chi connectivity index (χ1n) is 11.4. The van der Waals surface area contributed by atoms with E-state index in [2.05, 4.69) is 26.4 Å². The summed E-state index contributed by atoms with van der Waals surface area (Å²) in [6.07, 6.45) is 0. The number of rotatable bonds is 14. The van der Waals surface area contributed by atoms with Crippen LogP contribution in [0.2, 0.25) is 0 Å². The summed E-state index contributed by atoms with van der Waals surface area (Å²) >= 11 is 0.436. The van der Waals surface area contributed by atoms with Gasteiger partial charge in [-0.15, -0.1) is 10.2 Å². The number of hydrogen-bond donors (Lipinski definition) is 1. The maximum atomic E-state index is 11.9. The second-order valence-electron chi connectivity index (χ2n) is 7.97. The van der Waals surface area contributed by atoms with Gasteiger partial charge < -0.3 is 19.7 Å². The number of nitro benzene ring substituents is 2. The van der Waals surface area contributed by atoms with Crippen LogP contribution in [0.15, 0.2) is 57.8 Å². The molecule has 0 saturated carbocycles. The van der Waals surface area contributed by atoms with E-state index >= 15 is 0 Å². The summed E-state index contributed by atoms with van der Waals surface area (Å²) in [7, 11) is 0. The minimum Gasteiger partial charge on any atom is -0.497 e. The Labute approximate surface area is 233 Å². The molecule has 0 atom stereocenters. The lowest BCUT2D eigenvalue weighted by molar-refractivity contribution is -0.395. The molecule has 0 spiro atoms. The highest BCUT2D eigenvalue weighted by molar-refractivity contribution is 8.01. The average molecular weight is 572 g/mol. The number of esters is 1. The van der Waals surface area contributed by atoms with Gasteiger partial charge in [-0.2, -0.15) is 0 Å². The van der Waals surface area contributed by atoms with Crippen molar-refractivity contribution in [2.24, 2.45) is 10.2 Å². The molecule has 15 nitrogen and oxygen atoms in total. The lowest BCUT2D eigenvalue weighted by Gasteiger charge is -2.25. The molecule has 1 N–H and O–H groups in total. The van der Waals surface area contributed by atoms with E-state index < -0.39 is 33.1 Å². The highest BCUT2D eigenvalue weighted by atomic mass is 32.2. The zero-order valence-electron chi connectivity index (χ0n) is 21.8. The molecule has 210 valence electrons. The van der Waals surface area contributed by atoms with Crippen LogP contribution in [-0.4, -0.2) is 48.0 Å². The third kappa shape index (κ3) is 9.36. The van der Waals surface area contributed by atoms with E-state index in [-0.39, 0.29) is 35.2 Å². The third-order valence-electron chi connectivity index (χ3n) is 4.89. The third-order valence-corrected chi connectivity index (χ3v) is 5.51. The Kier molecular flexibility index (Phi) is 11.5. The summed E-state index contributed by atoms with van der Waals surface area (Å²) in [5, 5.41) is 33.5. The summed E-state index contributed by atoms with van der Waals surface area (Å²) in [5.41, 5.74) is -0.663. The molecule has 0 fully saturated rings. The first-order valence-corrected chi connectivity index (χ1v) is 12.2. The molecule has 16 heteroatoms. The average Bonchev–Trinajstić information content (AvgIpc) is 2.86. The fourth-order valence-corrected chi connectivity index (χ4v) is 3.73. The van der Waals surface area contributed by atoms with Crippen LogP contribution in [0.4, 0.5) is 34.1 Å². The van der Waals surface area contributed by atoms with Gasteiger partial charge in [0.1, 0.15) is 18.9 Å². The number of carbonyl (C=O) groups is 2. The number of nitro groups is 2. The van der Waals surface area contributed by atoms with Crippen molar-refractivity contribution in [2.45, 2.75) is 25.7 Å². The van der Waals surface area contributed by atoms with E-state index in [0.717, 1.165) is 6.07 Å². The number of nitrogens with one attached hydrogen (secondary N) is 1. The predicted molar refractivity (Wildman–Crippen MR) is 147 cm³/mol. The predicted octanol–water partition coefficient (Wildman–Crippen LogP) is 5.72. The molecule has 0 radical (unpaired) electrons. The Morgan fingerprint density at radius 2 is 1.65 bits per heavy atom. The molecule has 0 aliphatic heterocycles. The number of carbonyl (C=O) groups excluding carboxylic acids is 2. The van der Waals surface area contributed by atoms with E-state index in [1.54, 1.807) is 19.1 Å². The van der Waals surface area contributed by atoms with E-state index in [4.69, 9.17) is 16.0 Å². The maximum absolute atomic E-state index is 11.9. The van der Waals surface area contributed by atoms with Gasteiger partial charge in [0.25, 0.3) is 5.69 Å². The maximum Gasteiger partial charge on any atom is 0.303 e. The summed E-state index contributed by atoms with van der Waals surface area (Å²) in [5.74, 6) is -0.346. The zero-order chi connectivity index (χ0) is 29.8. The Balaban J connectivity index is 2.51. The Morgan fingerprint density at radius 3 is 2.20 bits per heavy atom. The molecular formula is C24H25N7O8S. The number of allylic oxidation sites excluding steroid dienone is 1. The molecule has 0 aromatic heterocycles. The molecule has 0 saturated heterocycles. The van der Waals surface area contributed by atoms with Gasteiger partial charge in [0, 0.05) is 25.6 Å². The van der Waals surface area contributed by atoms with E-state index in [1.165, 1.54) is 19.9 Å². The van der Waals surface area contributed by atoms with Crippen LogP contribution < -0.4 is 10.2 Å². The largest absolute Gasteiger partial charge is 0.497 e. The number of benzene rings is 2. The summed E-state index contributed by atoms with van der Waals surface area (Å²) < 4.78 is 13.5. The van der Waals surface area contributed by atoms with E-state index in [9.17, 15) is 29.8 Å². The van der Waals surface area contributed by atoms with Gasteiger partial charge in [-0.25, -0.2) is 10.8 Å². The van der Waals surface area contributed by atoms with Gasteiger partial charge in [-0.3, -0.25) is 29.8 Å². The minimum atomic E-state index is -0.848. The van der Waals surface area contributed by atoms with Gasteiger partial charge in [-0.05, 0) is 25.1 Å². The van der Waals surface area contributed by atoms with Crippen LogP contribution in [0.25, 0.3) is 4.25 Å². The van der Waals surface area contributed by atoms with Crippen LogP contribution >= 0.6 is 11.9 Å². The molecular weight excluding hydrogens is 546 g/mol. The summed E-state index contributed by atoms with van der Waals surface area (Å²) in [6, 6.07) is 6.50. The highest BCUT2D eigenvalue weighted by Crippen LogP contribution is 2.41. The molecule has 2 aromatic rings. The molecule has 0 bridgehead atoms. The number of nitrogens with zero attached hydrogens (tertiary/aromatic N) is 6. The van der Waals surface area contributed by atoms with Gasteiger partial charge in [0.05, 0.1) is 40.4 Å². The number of hydrogen-bond acceptors (Lipinski definition) is 12. The van der Waals surface area contributed by atoms with Crippen molar-refractivity contribution < 1.29 is 28.9 Å². The van der Waals surface area contributed by atoms with Crippen LogP contribution in [0.1, 0.15) is 20.8 Å². The van der Waals surface area contributed by atoms with Crippen LogP contribution in [0.5, 0.6) is 0 Å². The fraction of sp³-hybridized carbons (Fsp3) is 0.292. The second kappa shape index (κ2) is 14.8. The minimum absolute atomic E-state index is 0.0914.